The van der Waals surface area contributed by atoms with E-state index in [0.717, 1.165) is 0 Å². The van der Waals surface area contributed by atoms with Crippen LogP contribution in [0.25, 0.3) is 0 Å². The maximum absolute atomic E-state index is 13.2. The summed E-state index contributed by atoms with van der Waals surface area (Å²) in [5.74, 6) is 0. The number of aliphatic hydroxyl groups is 1. The van der Waals surface area contributed by atoms with E-state index >= 15 is 0 Å². The van der Waals surface area contributed by atoms with Crippen molar-refractivity contribution in [2.75, 3.05) is 13.2 Å². The largest absolute Gasteiger partial charge is 0.387 e. The van der Waals surface area contributed by atoms with E-state index in [0.29, 0.717) is 5.56 Å². The third-order valence-electron chi connectivity index (χ3n) is 3.24. The molecule has 1 rings (SSSR count). The molecule has 0 fully saturated rings. The predicted molar refractivity (Wildman–Crippen MR) is 98.5 cm³/mol. The molecule has 0 aliphatic rings. The highest BCUT2D eigenvalue weighted by Gasteiger charge is 2.39. The number of benzene rings is 1. The van der Waals surface area contributed by atoms with Crippen molar-refractivity contribution in [3.63, 3.8) is 0 Å². The van der Waals surface area contributed by atoms with Crippen molar-refractivity contribution >= 4 is 15.7 Å². The average Bonchev–Trinajstić information content (AvgIpc) is 2.47. The summed E-state index contributed by atoms with van der Waals surface area (Å²) in [4.78, 5) is 0. The Hall–Kier alpha value is -0.713. The maximum atomic E-state index is 13.2. The van der Waals surface area contributed by atoms with Gasteiger partial charge in [-0.25, -0.2) is 0 Å². The van der Waals surface area contributed by atoms with Crippen molar-refractivity contribution in [1.82, 2.24) is 0 Å². The minimum Gasteiger partial charge on any atom is -0.387 e. The lowest BCUT2D eigenvalue weighted by Gasteiger charge is -2.28. The van der Waals surface area contributed by atoms with E-state index in [4.69, 9.17) is 9.05 Å². The van der Waals surface area contributed by atoms with Crippen LogP contribution in [0.15, 0.2) is 42.1 Å². The Morgan fingerprint density at radius 1 is 1.13 bits per heavy atom. The third kappa shape index (κ3) is 6.36. The summed E-state index contributed by atoms with van der Waals surface area (Å²) < 4.78 is 24.2. The summed E-state index contributed by atoms with van der Waals surface area (Å²) in [7, 11) is -4.97. The molecule has 23 heavy (non-hydrogen) atoms. The molecule has 0 unspecified atom stereocenters. The van der Waals surface area contributed by atoms with Crippen LogP contribution < -0.4 is 0 Å². The first kappa shape index (κ1) is 20.3. The molecule has 6 heteroatoms. The van der Waals surface area contributed by atoms with Gasteiger partial charge in [-0.1, -0.05) is 61.7 Å². The molecule has 1 aromatic carbocycles. The van der Waals surface area contributed by atoms with Crippen LogP contribution in [0.3, 0.4) is 0 Å². The van der Waals surface area contributed by atoms with Gasteiger partial charge in [0.2, 0.25) is 0 Å². The van der Waals surface area contributed by atoms with Gasteiger partial charge in [-0.05, 0) is 19.4 Å². The minimum atomic E-state index is -3.45. The molecule has 0 saturated heterocycles. The van der Waals surface area contributed by atoms with E-state index in [1.165, 1.54) is 0 Å². The zero-order valence-corrected chi connectivity index (χ0v) is 16.6. The van der Waals surface area contributed by atoms with Gasteiger partial charge in [0.15, 0.2) is 0 Å². The van der Waals surface area contributed by atoms with Gasteiger partial charge in [-0.3, -0.25) is 4.57 Å². The standard InChI is InChI=1S/C17H29O4PSi/c1-6-20-22(19,21-7-2)16(13-14-23(3,4)5)17(18)15-11-9-8-10-12-15/h8-14,16-18H,6-7H2,1-5H3/b14-13+/t16-,17+/m0/s1. The summed E-state index contributed by atoms with van der Waals surface area (Å²) in [6.45, 7) is 10.6. The first-order valence-corrected chi connectivity index (χ1v) is 13.2. The Morgan fingerprint density at radius 2 is 1.65 bits per heavy atom. The van der Waals surface area contributed by atoms with Crippen molar-refractivity contribution in [3.05, 3.63) is 47.7 Å². The predicted octanol–water partition coefficient (Wildman–Crippen LogP) is 4.79. The fourth-order valence-electron chi connectivity index (χ4n) is 2.19. The molecule has 2 atom stereocenters. The Kier molecular flexibility index (Phi) is 7.91. The van der Waals surface area contributed by atoms with Crippen LogP contribution in [-0.2, 0) is 13.6 Å². The first-order chi connectivity index (χ1) is 10.7. The fraction of sp³-hybridized carbons (Fsp3) is 0.529. The van der Waals surface area contributed by atoms with E-state index in [9.17, 15) is 9.67 Å². The normalized spacial score (nSPS) is 15.7. The number of aliphatic hydroxyl groups excluding tert-OH is 1. The Morgan fingerprint density at radius 3 is 2.09 bits per heavy atom. The molecule has 0 aromatic heterocycles. The fourth-order valence-corrected chi connectivity index (χ4v) is 5.09. The second-order valence-electron chi connectivity index (χ2n) is 6.45. The van der Waals surface area contributed by atoms with Crippen molar-refractivity contribution in [3.8, 4) is 0 Å². The monoisotopic (exact) mass is 356 g/mol. The summed E-state index contributed by atoms with van der Waals surface area (Å²) >= 11 is 0. The molecule has 0 spiro atoms. The molecule has 0 heterocycles. The highest BCUT2D eigenvalue weighted by atomic mass is 31.2. The number of rotatable bonds is 9. The van der Waals surface area contributed by atoms with E-state index < -0.39 is 27.4 Å². The Balaban J connectivity index is 3.25. The molecule has 1 N–H and O–H groups in total. The summed E-state index contributed by atoms with van der Waals surface area (Å²) in [5.41, 5.74) is 2.07. The van der Waals surface area contributed by atoms with Crippen LogP contribution >= 0.6 is 7.60 Å². The van der Waals surface area contributed by atoms with Gasteiger partial charge in [0.05, 0.1) is 27.4 Å². The SMILES string of the molecule is CCOP(=O)(OCC)[C@@H](/C=C/[Si](C)(C)C)[C@H](O)c1ccccc1. The molecular formula is C17H29O4PSi. The highest BCUT2D eigenvalue weighted by molar-refractivity contribution is 7.55. The molecular weight excluding hydrogens is 327 g/mol. The van der Waals surface area contributed by atoms with E-state index in [2.05, 4.69) is 25.3 Å². The summed E-state index contributed by atoms with van der Waals surface area (Å²) in [6, 6.07) is 9.23. The molecule has 0 amide bonds. The van der Waals surface area contributed by atoms with Crippen molar-refractivity contribution < 1.29 is 18.7 Å². The van der Waals surface area contributed by atoms with Gasteiger partial charge in [0.1, 0.15) is 5.66 Å². The van der Waals surface area contributed by atoms with Gasteiger partial charge in [-0.2, -0.15) is 0 Å². The quantitative estimate of drug-likeness (QED) is 0.511. The van der Waals surface area contributed by atoms with Gasteiger partial charge in [0, 0.05) is 0 Å². The van der Waals surface area contributed by atoms with Crippen molar-refractivity contribution in [1.29, 1.82) is 0 Å². The topological polar surface area (TPSA) is 55.8 Å². The van der Waals surface area contributed by atoms with Crippen LogP contribution in [0.2, 0.25) is 19.6 Å². The summed E-state index contributed by atoms with van der Waals surface area (Å²) in [6.07, 6.45) is 0.892. The Bertz CT molecular complexity index is 529. The lowest BCUT2D eigenvalue weighted by Crippen LogP contribution is -2.23. The molecule has 1 aromatic rings. The molecule has 0 bridgehead atoms. The highest BCUT2D eigenvalue weighted by Crippen LogP contribution is 2.57. The molecule has 0 radical (unpaired) electrons. The smallest absolute Gasteiger partial charge is 0.340 e. The average molecular weight is 356 g/mol. The van der Waals surface area contributed by atoms with Gasteiger partial charge < -0.3 is 14.2 Å². The molecule has 4 nitrogen and oxygen atoms in total. The van der Waals surface area contributed by atoms with E-state index in [1.54, 1.807) is 13.8 Å². The number of hydrogen-bond acceptors (Lipinski definition) is 4. The third-order valence-corrected chi connectivity index (χ3v) is 6.85. The van der Waals surface area contributed by atoms with Crippen LogP contribution in [0.1, 0.15) is 25.5 Å². The van der Waals surface area contributed by atoms with Crippen LogP contribution in [-0.4, -0.2) is 32.1 Å². The van der Waals surface area contributed by atoms with E-state index in [-0.39, 0.29) is 13.2 Å². The lowest BCUT2D eigenvalue weighted by atomic mass is 10.1. The Labute approximate surface area is 141 Å². The van der Waals surface area contributed by atoms with Crippen LogP contribution in [0, 0.1) is 0 Å². The lowest BCUT2D eigenvalue weighted by molar-refractivity contribution is 0.152. The zero-order chi connectivity index (χ0) is 17.5. The molecule has 0 aliphatic heterocycles. The van der Waals surface area contributed by atoms with Crippen molar-refractivity contribution in [2.45, 2.75) is 45.3 Å². The van der Waals surface area contributed by atoms with Crippen LogP contribution in [0.5, 0.6) is 0 Å². The van der Waals surface area contributed by atoms with E-state index in [1.807, 2.05) is 36.4 Å². The molecule has 0 aliphatic carbocycles. The molecule has 0 saturated carbocycles. The maximum Gasteiger partial charge on any atom is 0.340 e. The first-order valence-electron chi connectivity index (χ1n) is 8.04. The minimum absolute atomic E-state index is 0.274. The van der Waals surface area contributed by atoms with Crippen LogP contribution in [0.4, 0.5) is 0 Å². The number of hydrogen-bond donors (Lipinski definition) is 1. The van der Waals surface area contributed by atoms with Gasteiger partial charge in [-0.15, -0.1) is 0 Å². The van der Waals surface area contributed by atoms with Crippen molar-refractivity contribution in [2.24, 2.45) is 0 Å². The summed E-state index contributed by atoms with van der Waals surface area (Å²) in [5, 5.41) is 10.8. The van der Waals surface area contributed by atoms with Gasteiger partial charge in [0.25, 0.3) is 0 Å². The molecule has 130 valence electrons. The second-order valence-corrected chi connectivity index (χ2v) is 13.7. The zero-order valence-electron chi connectivity index (χ0n) is 14.7. The second kappa shape index (κ2) is 8.95. The van der Waals surface area contributed by atoms with Gasteiger partial charge >= 0.3 is 7.60 Å².